The zero-order valence-electron chi connectivity index (χ0n) is 11.6. The smallest absolute Gasteiger partial charge is 0.251 e. The quantitative estimate of drug-likeness (QED) is 0.598. The molecule has 0 radical (unpaired) electrons. The van der Waals surface area contributed by atoms with E-state index >= 15 is 0 Å². The van der Waals surface area contributed by atoms with E-state index in [0.717, 1.165) is 31.4 Å². The van der Waals surface area contributed by atoms with Crippen LogP contribution >= 0.6 is 12.4 Å². The monoisotopic (exact) mass is 286 g/mol. The number of amides is 1. The minimum atomic E-state index is -0.0495. The molecule has 4 nitrogen and oxygen atoms in total. The van der Waals surface area contributed by atoms with E-state index in [9.17, 15) is 4.79 Å². The molecule has 0 unspecified atom stereocenters. The lowest BCUT2D eigenvalue weighted by molar-refractivity contribution is 0.0952. The van der Waals surface area contributed by atoms with E-state index < -0.39 is 0 Å². The predicted octanol–water partition coefficient (Wildman–Crippen LogP) is 2.55. The van der Waals surface area contributed by atoms with Crippen LogP contribution in [0.5, 0.6) is 0 Å². The van der Waals surface area contributed by atoms with Crippen LogP contribution in [0.3, 0.4) is 0 Å². The molecule has 1 aromatic rings. The molecule has 1 amide bonds. The molecule has 0 aliphatic rings. The number of methoxy groups -OCH3 is 1. The summed E-state index contributed by atoms with van der Waals surface area (Å²) in [5.74, 6) is -0.0495. The van der Waals surface area contributed by atoms with E-state index in [4.69, 9.17) is 10.5 Å². The molecule has 0 spiro atoms. The Labute approximate surface area is 121 Å². The maximum absolute atomic E-state index is 11.9. The number of carbonyl (C=O) groups excluding carboxylic acids is 1. The van der Waals surface area contributed by atoms with Gasteiger partial charge in [0.2, 0.25) is 0 Å². The van der Waals surface area contributed by atoms with Crippen molar-refractivity contribution >= 4 is 24.0 Å². The number of rotatable bonds is 7. The number of nitrogens with two attached hydrogens (primary N) is 1. The maximum Gasteiger partial charge on any atom is 0.251 e. The van der Waals surface area contributed by atoms with Crippen molar-refractivity contribution in [3.63, 3.8) is 0 Å². The van der Waals surface area contributed by atoms with Crippen LogP contribution in [0.1, 0.15) is 35.2 Å². The van der Waals surface area contributed by atoms with Crippen LogP contribution in [0.25, 0.3) is 0 Å². The summed E-state index contributed by atoms with van der Waals surface area (Å²) in [7, 11) is 1.70. The van der Waals surface area contributed by atoms with Crippen LogP contribution < -0.4 is 11.1 Å². The zero-order chi connectivity index (χ0) is 13.4. The fourth-order valence-corrected chi connectivity index (χ4v) is 1.73. The van der Waals surface area contributed by atoms with Gasteiger partial charge in [-0.2, -0.15) is 0 Å². The number of aryl methyl sites for hydroxylation is 1. The first-order chi connectivity index (χ1) is 8.65. The Morgan fingerprint density at radius 3 is 2.74 bits per heavy atom. The van der Waals surface area contributed by atoms with Crippen LogP contribution in [0.2, 0.25) is 0 Å². The SMILES string of the molecule is COCCCCCNC(=O)c1cc(N)ccc1C.Cl. The molecule has 0 heterocycles. The number of hydrogen-bond donors (Lipinski definition) is 2. The summed E-state index contributed by atoms with van der Waals surface area (Å²) >= 11 is 0. The van der Waals surface area contributed by atoms with Crippen molar-refractivity contribution in [2.24, 2.45) is 0 Å². The molecule has 0 fully saturated rings. The molecule has 1 rings (SSSR count). The molecule has 0 aliphatic heterocycles. The van der Waals surface area contributed by atoms with Gasteiger partial charge in [0, 0.05) is 31.5 Å². The van der Waals surface area contributed by atoms with Crippen LogP contribution in [0, 0.1) is 6.92 Å². The number of hydrogen-bond acceptors (Lipinski definition) is 3. The van der Waals surface area contributed by atoms with E-state index in [1.54, 1.807) is 19.2 Å². The fraction of sp³-hybridized carbons (Fsp3) is 0.500. The average molecular weight is 287 g/mol. The summed E-state index contributed by atoms with van der Waals surface area (Å²) in [6.07, 6.45) is 3.06. The normalized spacial score (nSPS) is 9.79. The summed E-state index contributed by atoms with van der Waals surface area (Å²) < 4.78 is 4.97. The molecular formula is C14H23ClN2O2. The second-order valence-electron chi connectivity index (χ2n) is 4.38. The first kappa shape index (κ1) is 17.7. The molecule has 1 aromatic carbocycles. The van der Waals surface area contributed by atoms with Gasteiger partial charge in [0.25, 0.3) is 5.91 Å². The number of ether oxygens (including phenoxy) is 1. The van der Waals surface area contributed by atoms with Crippen molar-refractivity contribution in [1.82, 2.24) is 5.32 Å². The predicted molar refractivity (Wildman–Crippen MR) is 80.9 cm³/mol. The van der Waals surface area contributed by atoms with E-state index in [2.05, 4.69) is 5.32 Å². The summed E-state index contributed by atoms with van der Waals surface area (Å²) in [6, 6.07) is 5.38. The summed E-state index contributed by atoms with van der Waals surface area (Å²) in [4.78, 5) is 11.9. The summed E-state index contributed by atoms with van der Waals surface area (Å²) in [5.41, 5.74) is 7.90. The van der Waals surface area contributed by atoms with Gasteiger partial charge in [0.05, 0.1) is 0 Å². The van der Waals surface area contributed by atoms with Crippen molar-refractivity contribution in [2.75, 3.05) is 26.0 Å². The van der Waals surface area contributed by atoms with E-state index in [1.807, 2.05) is 13.0 Å². The number of nitrogen functional groups attached to an aromatic ring is 1. The molecule has 0 saturated carbocycles. The Hall–Kier alpha value is -1.26. The molecule has 0 aliphatic carbocycles. The number of carbonyl (C=O) groups is 1. The minimum absolute atomic E-state index is 0. The Kier molecular flexibility index (Phi) is 9.00. The molecule has 108 valence electrons. The number of halogens is 1. The molecule has 0 atom stereocenters. The Bertz CT molecular complexity index is 397. The molecule has 3 N–H and O–H groups in total. The largest absolute Gasteiger partial charge is 0.399 e. The van der Waals surface area contributed by atoms with Gasteiger partial charge in [0.1, 0.15) is 0 Å². The Morgan fingerprint density at radius 2 is 2.05 bits per heavy atom. The van der Waals surface area contributed by atoms with Gasteiger partial charge in [0.15, 0.2) is 0 Å². The highest BCUT2D eigenvalue weighted by Crippen LogP contribution is 2.12. The van der Waals surface area contributed by atoms with Crippen molar-refractivity contribution in [3.05, 3.63) is 29.3 Å². The van der Waals surface area contributed by atoms with Crippen molar-refractivity contribution < 1.29 is 9.53 Å². The van der Waals surface area contributed by atoms with Gasteiger partial charge in [-0.25, -0.2) is 0 Å². The molecule has 0 saturated heterocycles. The molecular weight excluding hydrogens is 264 g/mol. The van der Waals surface area contributed by atoms with Crippen molar-refractivity contribution in [1.29, 1.82) is 0 Å². The van der Waals surface area contributed by atoms with E-state index in [-0.39, 0.29) is 18.3 Å². The van der Waals surface area contributed by atoms with Gasteiger partial charge >= 0.3 is 0 Å². The number of benzene rings is 1. The molecule has 0 aromatic heterocycles. The van der Waals surface area contributed by atoms with Crippen molar-refractivity contribution in [3.8, 4) is 0 Å². The number of nitrogens with one attached hydrogen (secondary N) is 1. The zero-order valence-corrected chi connectivity index (χ0v) is 12.4. The second-order valence-corrected chi connectivity index (χ2v) is 4.38. The summed E-state index contributed by atoms with van der Waals surface area (Å²) in [6.45, 7) is 3.38. The van der Waals surface area contributed by atoms with Gasteiger partial charge < -0.3 is 15.8 Å². The second kappa shape index (κ2) is 9.64. The highest BCUT2D eigenvalue weighted by atomic mass is 35.5. The minimum Gasteiger partial charge on any atom is -0.399 e. The van der Waals surface area contributed by atoms with E-state index in [1.165, 1.54) is 0 Å². The first-order valence-corrected chi connectivity index (χ1v) is 6.28. The van der Waals surface area contributed by atoms with E-state index in [0.29, 0.717) is 17.8 Å². The van der Waals surface area contributed by atoms with Crippen LogP contribution in [0.4, 0.5) is 5.69 Å². The Balaban J connectivity index is 0.00000324. The van der Waals surface area contributed by atoms with Gasteiger partial charge in [-0.05, 0) is 43.9 Å². The molecule has 0 bridgehead atoms. The lowest BCUT2D eigenvalue weighted by atomic mass is 10.1. The molecule has 5 heteroatoms. The lowest BCUT2D eigenvalue weighted by Gasteiger charge is -2.08. The van der Waals surface area contributed by atoms with Gasteiger partial charge in [-0.3, -0.25) is 4.79 Å². The average Bonchev–Trinajstić information content (AvgIpc) is 2.36. The van der Waals surface area contributed by atoms with Crippen LogP contribution in [-0.2, 0) is 4.74 Å². The lowest BCUT2D eigenvalue weighted by Crippen LogP contribution is -2.25. The third-order valence-corrected chi connectivity index (χ3v) is 2.82. The van der Waals surface area contributed by atoms with Crippen molar-refractivity contribution in [2.45, 2.75) is 26.2 Å². The maximum atomic E-state index is 11.9. The third kappa shape index (κ3) is 6.45. The molecule has 19 heavy (non-hydrogen) atoms. The van der Waals surface area contributed by atoms with Crippen LogP contribution in [-0.4, -0.2) is 26.2 Å². The van der Waals surface area contributed by atoms with Crippen LogP contribution in [0.15, 0.2) is 18.2 Å². The standard InChI is InChI=1S/C14H22N2O2.ClH/c1-11-6-7-12(15)10-13(11)14(17)16-8-4-3-5-9-18-2;/h6-7,10H,3-5,8-9,15H2,1-2H3,(H,16,17);1H. The van der Waals surface area contributed by atoms with Gasteiger partial charge in [-0.15, -0.1) is 12.4 Å². The van der Waals surface area contributed by atoms with Gasteiger partial charge in [-0.1, -0.05) is 6.07 Å². The Morgan fingerprint density at radius 1 is 1.32 bits per heavy atom. The third-order valence-electron chi connectivity index (χ3n) is 2.82. The fourth-order valence-electron chi connectivity index (χ4n) is 1.73. The number of anilines is 1. The highest BCUT2D eigenvalue weighted by Gasteiger charge is 2.08. The number of unbranched alkanes of at least 4 members (excludes halogenated alkanes) is 2. The topological polar surface area (TPSA) is 64.3 Å². The summed E-state index contributed by atoms with van der Waals surface area (Å²) in [5, 5.41) is 2.91. The first-order valence-electron chi connectivity index (χ1n) is 6.28. The highest BCUT2D eigenvalue weighted by molar-refractivity contribution is 5.96.